The van der Waals surface area contributed by atoms with E-state index in [1.54, 1.807) is 0 Å². The van der Waals surface area contributed by atoms with Crippen LogP contribution in [0, 0.1) is 0 Å². The van der Waals surface area contributed by atoms with Crippen molar-refractivity contribution in [2.45, 2.75) is 65.1 Å². The highest BCUT2D eigenvalue weighted by molar-refractivity contribution is 6.74. The molecule has 0 N–H and O–H groups in total. The first-order chi connectivity index (χ1) is 11.8. The molecule has 0 fully saturated rings. The van der Waals surface area contributed by atoms with E-state index < -0.39 is 8.32 Å². The maximum Gasteiger partial charge on any atom is 0.192 e. The van der Waals surface area contributed by atoms with E-state index in [-0.39, 0.29) is 5.04 Å². The molecule has 0 aromatic carbocycles. The summed E-state index contributed by atoms with van der Waals surface area (Å²) in [4.78, 5) is 0. The van der Waals surface area contributed by atoms with Crippen LogP contribution in [0.25, 0.3) is 0 Å². The van der Waals surface area contributed by atoms with Crippen LogP contribution < -0.4 is 0 Å². The van der Waals surface area contributed by atoms with Crippen molar-refractivity contribution < 1.29 is 23.4 Å². The van der Waals surface area contributed by atoms with Crippen LogP contribution in [0.3, 0.4) is 0 Å². The molecule has 0 atom stereocenters. The molecule has 5 nitrogen and oxygen atoms in total. The van der Waals surface area contributed by atoms with Crippen molar-refractivity contribution in [2.75, 3.05) is 59.5 Å². The highest BCUT2D eigenvalue weighted by Crippen LogP contribution is 2.36. The second kappa shape index (κ2) is 15.1. The van der Waals surface area contributed by atoms with Gasteiger partial charge in [0.25, 0.3) is 0 Å². The zero-order valence-electron chi connectivity index (χ0n) is 17.5. The topological polar surface area (TPSA) is 46.2 Å². The molecule has 25 heavy (non-hydrogen) atoms. The molecule has 0 radical (unpaired) electrons. The van der Waals surface area contributed by atoms with Crippen LogP contribution in [-0.2, 0) is 23.4 Å². The fourth-order valence-corrected chi connectivity index (χ4v) is 2.81. The first-order valence-electron chi connectivity index (χ1n) is 9.76. The van der Waals surface area contributed by atoms with Crippen LogP contribution in [0.15, 0.2) is 0 Å². The summed E-state index contributed by atoms with van der Waals surface area (Å²) >= 11 is 0. The molecule has 0 bridgehead atoms. The van der Waals surface area contributed by atoms with E-state index >= 15 is 0 Å². The summed E-state index contributed by atoms with van der Waals surface area (Å²) in [5.74, 6) is 0. The van der Waals surface area contributed by atoms with Crippen LogP contribution in [0.1, 0.15) is 47.0 Å². The molecule has 0 amide bonds. The molecule has 0 unspecified atom stereocenters. The Morgan fingerprint density at radius 2 is 1.00 bits per heavy atom. The summed E-state index contributed by atoms with van der Waals surface area (Å²) in [6.45, 7) is 19.3. The second-order valence-corrected chi connectivity index (χ2v) is 12.6. The van der Waals surface area contributed by atoms with Crippen molar-refractivity contribution in [3.05, 3.63) is 0 Å². The normalized spacial score (nSPS) is 12.7. The van der Waals surface area contributed by atoms with Gasteiger partial charge in [-0.05, 0) is 24.6 Å². The molecule has 0 rings (SSSR count). The molecule has 6 heteroatoms. The summed E-state index contributed by atoms with van der Waals surface area (Å²) in [6.07, 6.45) is 3.60. The van der Waals surface area contributed by atoms with E-state index in [9.17, 15) is 0 Å². The van der Waals surface area contributed by atoms with Crippen molar-refractivity contribution in [1.29, 1.82) is 0 Å². The molecular formula is C19H42O5Si. The SMILES string of the molecule is CCCCCOCCOCCOCCOCCO[Si](C)(C)C(C)(C)C. The van der Waals surface area contributed by atoms with E-state index in [0.29, 0.717) is 52.9 Å². The highest BCUT2D eigenvalue weighted by Gasteiger charge is 2.36. The molecule has 0 saturated heterocycles. The van der Waals surface area contributed by atoms with Gasteiger partial charge in [-0.1, -0.05) is 40.5 Å². The van der Waals surface area contributed by atoms with Gasteiger partial charge in [-0.2, -0.15) is 0 Å². The first-order valence-corrected chi connectivity index (χ1v) is 12.7. The van der Waals surface area contributed by atoms with Gasteiger partial charge in [0, 0.05) is 6.61 Å². The minimum absolute atomic E-state index is 0.247. The van der Waals surface area contributed by atoms with Crippen LogP contribution in [0.4, 0.5) is 0 Å². The standard InChI is InChI=1S/C19H42O5Si/c1-7-8-9-10-20-11-12-21-13-14-22-15-16-23-17-18-24-25(5,6)19(2,3)4/h7-18H2,1-6H3. The van der Waals surface area contributed by atoms with Crippen molar-refractivity contribution in [1.82, 2.24) is 0 Å². The number of rotatable bonds is 17. The second-order valence-electron chi connectivity index (χ2n) is 7.77. The summed E-state index contributed by atoms with van der Waals surface area (Å²) in [7, 11) is -1.65. The third kappa shape index (κ3) is 14.8. The lowest BCUT2D eigenvalue weighted by Crippen LogP contribution is -2.41. The maximum atomic E-state index is 6.05. The van der Waals surface area contributed by atoms with E-state index in [4.69, 9.17) is 23.4 Å². The lowest BCUT2D eigenvalue weighted by Gasteiger charge is -2.36. The smallest absolute Gasteiger partial charge is 0.192 e. The Kier molecular flexibility index (Phi) is 15.1. The number of unbranched alkanes of at least 4 members (excludes halogenated alkanes) is 2. The molecule has 0 saturated carbocycles. The predicted molar refractivity (Wildman–Crippen MR) is 106 cm³/mol. The van der Waals surface area contributed by atoms with Gasteiger partial charge >= 0.3 is 0 Å². The Morgan fingerprint density at radius 1 is 0.600 bits per heavy atom. The van der Waals surface area contributed by atoms with Gasteiger partial charge < -0.3 is 23.4 Å². The van der Waals surface area contributed by atoms with E-state index in [0.717, 1.165) is 13.0 Å². The molecular weight excluding hydrogens is 336 g/mol. The molecule has 152 valence electrons. The molecule has 0 aromatic rings. The largest absolute Gasteiger partial charge is 0.414 e. The number of hydrogen-bond acceptors (Lipinski definition) is 5. The predicted octanol–water partition coefficient (Wildman–Crippen LogP) is 4.26. The quantitative estimate of drug-likeness (QED) is 0.279. The van der Waals surface area contributed by atoms with E-state index in [1.807, 2.05) is 0 Å². The zero-order chi connectivity index (χ0) is 19.0. The Morgan fingerprint density at radius 3 is 1.40 bits per heavy atom. The molecule has 0 aliphatic carbocycles. The van der Waals surface area contributed by atoms with Gasteiger partial charge in [-0.25, -0.2) is 0 Å². The lowest BCUT2D eigenvalue weighted by atomic mass is 10.2. The van der Waals surface area contributed by atoms with E-state index in [1.165, 1.54) is 12.8 Å². The minimum Gasteiger partial charge on any atom is -0.414 e. The fraction of sp³-hybridized carbons (Fsp3) is 1.00. The Balaban J connectivity index is 3.22. The van der Waals surface area contributed by atoms with Gasteiger partial charge in [0.15, 0.2) is 8.32 Å². The van der Waals surface area contributed by atoms with Gasteiger partial charge in [0.1, 0.15) is 0 Å². The maximum absolute atomic E-state index is 6.05. The molecule has 0 spiro atoms. The molecule has 0 aliphatic heterocycles. The Labute approximate surface area is 156 Å². The van der Waals surface area contributed by atoms with Crippen LogP contribution in [0.2, 0.25) is 18.1 Å². The fourth-order valence-electron chi connectivity index (χ4n) is 1.79. The summed E-state index contributed by atoms with van der Waals surface area (Å²) < 4.78 is 28.0. The van der Waals surface area contributed by atoms with Gasteiger partial charge in [-0.3, -0.25) is 0 Å². The number of ether oxygens (including phenoxy) is 4. The van der Waals surface area contributed by atoms with Crippen LogP contribution >= 0.6 is 0 Å². The minimum atomic E-state index is -1.65. The summed E-state index contributed by atoms with van der Waals surface area (Å²) in [6, 6.07) is 0. The highest BCUT2D eigenvalue weighted by atomic mass is 28.4. The van der Waals surface area contributed by atoms with Gasteiger partial charge in [0.05, 0.1) is 52.9 Å². The summed E-state index contributed by atoms with van der Waals surface area (Å²) in [5.41, 5.74) is 0. The zero-order valence-corrected chi connectivity index (χ0v) is 18.5. The monoisotopic (exact) mass is 378 g/mol. The average molecular weight is 379 g/mol. The molecule has 0 aliphatic rings. The van der Waals surface area contributed by atoms with Crippen molar-refractivity contribution in [3.63, 3.8) is 0 Å². The van der Waals surface area contributed by atoms with Crippen LogP contribution in [-0.4, -0.2) is 67.8 Å². The average Bonchev–Trinajstić information content (AvgIpc) is 2.53. The first kappa shape index (κ1) is 25.0. The van der Waals surface area contributed by atoms with Crippen LogP contribution in [0.5, 0.6) is 0 Å². The third-order valence-corrected chi connectivity index (χ3v) is 9.04. The van der Waals surface area contributed by atoms with Gasteiger partial charge in [-0.15, -0.1) is 0 Å². The van der Waals surface area contributed by atoms with Crippen molar-refractivity contribution in [2.24, 2.45) is 0 Å². The van der Waals surface area contributed by atoms with Crippen molar-refractivity contribution >= 4 is 8.32 Å². The van der Waals surface area contributed by atoms with Gasteiger partial charge in [0.2, 0.25) is 0 Å². The van der Waals surface area contributed by atoms with Crippen molar-refractivity contribution in [3.8, 4) is 0 Å². The van der Waals surface area contributed by atoms with E-state index in [2.05, 4.69) is 40.8 Å². The molecule has 0 heterocycles. The Bertz CT molecular complexity index is 292. The summed E-state index contributed by atoms with van der Waals surface area (Å²) in [5, 5.41) is 0.247. The number of hydrogen-bond donors (Lipinski definition) is 0. The Hall–Kier alpha value is 0.0169. The molecule has 0 aromatic heterocycles. The third-order valence-electron chi connectivity index (χ3n) is 4.51. The lowest BCUT2D eigenvalue weighted by molar-refractivity contribution is -0.00528.